The average molecular weight is 238 g/mol. The highest BCUT2D eigenvalue weighted by Crippen LogP contribution is 2.21. The molecule has 0 spiro atoms. The highest BCUT2D eigenvalue weighted by atomic mass is 35.5. The third-order valence-electron chi connectivity index (χ3n) is 1.79. The van der Waals surface area contributed by atoms with Crippen LogP contribution in [0, 0.1) is 0 Å². The SMILES string of the molecule is COc1ccc(Oc2cnnc(Cl)n2)cc1. The number of rotatable bonds is 3. The van der Waals surface area contributed by atoms with Crippen molar-refractivity contribution in [2.75, 3.05) is 7.11 Å². The quantitative estimate of drug-likeness (QED) is 0.820. The number of benzene rings is 1. The molecule has 1 heterocycles. The Morgan fingerprint density at radius 3 is 2.44 bits per heavy atom. The number of hydrogen-bond acceptors (Lipinski definition) is 5. The lowest BCUT2D eigenvalue weighted by Crippen LogP contribution is -1.92. The summed E-state index contributed by atoms with van der Waals surface area (Å²) in [6.45, 7) is 0. The standard InChI is InChI=1S/C10H8ClN3O2/c1-15-7-2-4-8(5-3-7)16-9-6-12-14-10(11)13-9/h2-6H,1H3. The molecule has 6 heteroatoms. The van der Waals surface area contributed by atoms with Gasteiger partial charge in [-0.25, -0.2) is 0 Å². The molecule has 0 aliphatic carbocycles. The molecule has 0 saturated carbocycles. The van der Waals surface area contributed by atoms with Gasteiger partial charge >= 0.3 is 0 Å². The lowest BCUT2D eigenvalue weighted by Gasteiger charge is -2.04. The molecule has 0 N–H and O–H groups in total. The predicted molar refractivity (Wildman–Crippen MR) is 57.9 cm³/mol. The van der Waals surface area contributed by atoms with Crippen molar-refractivity contribution in [1.82, 2.24) is 15.2 Å². The molecule has 0 aliphatic rings. The van der Waals surface area contributed by atoms with E-state index in [4.69, 9.17) is 21.1 Å². The molecule has 0 aliphatic heterocycles. The van der Waals surface area contributed by atoms with E-state index in [0.717, 1.165) is 5.75 Å². The Kier molecular flexibility index (Phi) is 3.16. The zero-order valence-corrected chi connectivity index (χ0v) is 9.18. The number of halogens is 1. The number of methoxy groups -OCH3 is 1. The van der Waals surface area contributed by atoms with Crippen LogP contribution in [0.3, 0.4) is 0 Å². The van der Waals surface area contributed by atoms with Crippen LogP contribution < -0.4 is 9.47 Å². The van der Waals surface area contributed by atoms with Gasteiger partial charge in [0.25, 0.3) is 0 Å². The van der Waals surface area contributed by atoms with E-state index in [1.807, 2.05) is 0 Å². The van der Waals surface area contributed by atoms with Gasteiger partial charge in [0.2, 0.25) is 11.2 Å². The molecular weight excluding hydrogens is 230 g/mol. The summed E-state index contributed by atoms with van der Waals surface area (Å²) < 4.78 is 10.4. The Morgan fingerprint density at radius 1 is 1.12 bits per heavy atom. The van der Waals surface area contributed by atoms with Crippen LogP contribution in [-0.2, 0) is 0 Å². The zero-order valence-electron chi connectivity index (χ0n) is 8.42. The second-order valence-electron chi connectivity index (χ2n) is 2.84. The van der Waals surface area contributed by atoms with Gasteiger partial charge in [-0.2, -0.15) is 10.1 Å². The van der Waals surface area contributed by atoms with Crippen molar-refractivity contribution in [2.45, 2.75) is 0 Å². The smallest absolute Gasteiger partial charge is 0.246 e. The van der Waals surface area contributed by atoms with E-state index in [9.17, 15) is 0 Å². The Hall–Kier alpha value is -1.88. The van der Waals surface area contributed by atoms with E-state index in [0.29, 0.717) is 11.6 Å². The third kappa shape index (κ3) is 2.58. The van der Waals surface area contributed by atoms with Crippen molar-refractivity contribution in [3.63, 3.8) is 0 Å². The van der Waals surface area contributed by atoms with E-state index in [1.54, 1.807) is 31.4 Å². The fourth-order valence-corrected chi connectivity index (χ4v) is 1.21. The summed E-state index contributed by atoms with van der Waals surface area (Å²) in [5.41, 5.74) is 0. The first-order chi connectivity index (χ1) is 7.78. The first-order valence-electron chi connectivity index (χ1n) is 4.45. The van der Waals surface area contributed by atoms with Gasteiger partial charge in [-0.05, 0) is 35.9 Å². The number of hydrogen-bond donors (Lipinski definition) is 0. The third-order valence-corrected chi connectivity index (χ3v) is 1.95. The van der Waals surface area contributed by atoms with E-state index in [1.165, 1.54) is 6.20 Å². The van der Waals surface area contributed by atoms with Crippen LogP contribution in [0.4, 0.5) is 0 Å². The highest BCUT2D eigenvalue weighted by molar-refractivity contribution is 6.28. The van der Waals surface area contributed by atoms with Gasteiger partial charge in [-0.3, -0.25) is 0 Å². The molecule has 0 radical (unpaired) electrons. The fraction of sp³-hybridized carbons (Fsp3) is 0.100. The molecule has 0 unspecified atom stereocenters. The number of ether oxygens (including phenoxy) is 2. The second-order valence-corrected chi connectivity index (χ2v) is 3.18. The molecule has 1 aromatic carbocycles. The largest absolute Gasteiger partial charge is 0.497 e. The monoisotopic (exact) mass is 237 g/mol. The van der Waals surface area contributed by atoms with Crippen LogP contribution >= 0.6 is 11.6 Å². The first kappa shape index (κ1) is 10.6. The van der Waals surface area contributed by atoms with Gasteiger partial charge in [0.15, 0.2) is 0 Å². The van der Waals surface area contributed by atoms with Crippen LogP contribution in [0.2, 0.25) is 5.28 Å². The zero-order chi connectivity index (χ0) is 11.4. The van der Waals surface area contributed by atoms with Gasteiger partial charge in [0.1, 0.15) is 17.7 Å². The minimum Gasteiger partial charge on any atom is -0.497 e. The van der Waals surface area contributed by atoms with Gasteiger partial charge in [-0.1, -0.05) is 0 Å². The van der Waals surface area contributed by atoms with Crippen molar-refractivity contribution in [3.05, 3.63) is 35.7 Å². The molecule has 82 valence electrons. The molecule has 1 aromatic heterocycles. The molecule has 0 amide bonds. The maximum Gasteiger partial charge on any atom is 0.246 e. The summed E-state index contributed by atoms with van der Waals surface area (Å²) in [6, 6.07) is 7.08. The maximum atomic E-state index is 5.57. The lowest BCUT2D eigenvalue weighted by atomic mass is 10.3. The van der Waals surface area contributed by atoms with Gasteiger partial charge in [0, 0.05) is 0 Å². The molecule has 0 atom stereocenters. The summed E-state index contributed by atoms with van der Waals surface area (Å²) in [5, 5.41) is 7.18. The number of nitrogens with zero attached hydrogens (tertiary/aromatic N) is 3. The van der Waals surface area contributed by atoms with E-state index < -0.39 is 0 Å². The van der Waals surface area contributed by atoms with E-state index in [-0.39, 0.29) is 5.28 Å². The summed E-state index contributed by atoms with van der Waals surface area (Å²) in [5.74, 6) is 1.67. The Labute approximate surface area is 97.0 Å². The maximum absolute atomic E-state index is 5.57. The minimum atomic E-state index is 0.0472. The van der Waals surface area contributed by atoms with Gasteiger partial charge < -0.3 is 9.47 Å². The lowest BCUT2D eigenvalue weighted by molar-refractivity contribution is 0.412. The Bertz CT molecular complexity index is 476. The molecular formula is C10H8ClN3O2. The summed E-state index contributed by atoms with van der Waals surface area (Å²) >= 11 is 5.57. The normalized spacial score (nSPS) is 9.88. The van der Waals surface area contributed by atoms with Crippen LogP contribution in [0.1, 0.15) is 0 Å². The number of aromatic nitrogens is 3. The van der Waals surface area contributed by atoms with Crippen LogP contribution in [0.5, 0.6) is 17.4 Å². The topological polar surface area (TPSA) is 57.1 Å². The average Bonchev–Trinajstić information content (AvgIpc) is 2.30. The van der Waals surface area contributed by atoms with E-state index in [2.05, 4.69) is 15.2 Å². The predicted octanol–water partition coefficient (Wildman–Crippen LogP) is 2.33. The van der Waals surface area contributed by atoms with Crippen molar-refractivity contribution in [3.8, 4) is 17.4 Å². The van der Waals surface area contributed by atoms with Gasteiger partial charge in [-0.15, -0.1) is 5.10 Å². The molecule has 16 heavy (non-hydrogen) atoms. The van der Waals surface area contributed by atoms with Gasteiger partial charge in [0.05, 0.1) is 7.11 Å². The molecule has 2 rings (SSSR count). The summed E-state index contributed by atoms with van der Waals surface area (Å²) in [7, 11) is 1.60. The van der Waals surface area contributed by atoms with Crippen molar-refractivity contribution >= 4 is 11.6 Å². The Balaban J connectivity index is 2.14. The summed E-state index contributed by atoms with van der Waals surface area (Å²) in [6.07, 6.45) is 1.39. The van der Waals surface area contributed by atoms with Crippen molar-refractivity contribution < 1.29 is 9.47 Å². The highest BCUT2D eigenvalue weighted by Gasteiger charge is 2.01. The molecule has 2 aromatic rings. The van der Waals surface area contributed by atoms with Crippen LogP contribution in [0.15, 0.2) is 30.5 Å². The fourth-order valence-electron chi connectivity index (χ4n) is 1.08. The van der Waals surface area contributed by atoms with Crippen molar-refractivity contribution in [2.24, 2.45) is 0 Å². The molecule has 0 saturated heterocycles. The minimum absolute atomic E-state index is 0.0472. The molecule has 5 nitrogen and oxygen atoms in total. The molecule has 0 bridgehead atoms. The van der Waals surface area contributed by atoms with Crippen LogP contribution in [-0.4, -0.2) is 22.3 Å². The van der Waals surface area contributed by atoms with E-state index >= 15 is 0 Å². The van der Waals surface area contributed by atoms with Crippen LogP contribution in [0.25, 0.3) is 0 Å². The second kappa shape index (κ2) is 4.76. The Morgan fingerprint density at radius 2 is 1.81 bits per heavy atom. The summed E-state index contributed by atoms with van der Waals surface area (Å²) in [4.78, 5) is 3.85. The van der Waals surface area contributed by atoms with Crippen molar-refractivity contribution in [1.29, 1.82) is 0 Å². The molecule has 0 fully saturated rings. The first-order valence-corrected chi connectivity index (χ1v) is 4.83.